The van der Waals surface area contributed by atoms with E-state index in [4.69, 9.17) is 21.3 Å². The van der Waals surface area contributed by atoms with E-state index in [2.05, 4.69) is 45.2 Å². The van der Waals surface area contributed by atoms with Gasteiger partial charge in [-0.3, -0.25) is 0 Å². The summed E-state index contributed by atoms with van der Waals surface area (Å²) in [5, 5.41) is 0.453. The van der Waals surface area contributed by atoms with E-state index in [1.807, 2.05) is 6.07 Å². The predicted octanol–water partition coefficient (Wildman–Crippen LogP) is 4.51. The summed E-state index contributed by atoms with van der Waals surface area (Å²) < 4.78 is 5.93. The second kappa shape index (κ2) is 6.03. The molecule has 0 amide bonds. The maximum atomic E-state index is 6.28. The molecule has 1 saturated carbocycles. The molecule has 5 heteroatoms. The topological polar surface area (TPSA) is 35.0 Å². The van der Waals surface area contributed by atoms with Crippen LogP contribution in [0.25, 0.3) is 0 Å². The fraction of sp³-hybridized carbons (Fsp3) is 0.375. The highest BCUT2D eigenvalue weighted by Gasteiger charge is 2.43. The van der Waals surface area contributed by atoms with Gasteiger partial charge in [0.2, 0.25) is 0 Å². The first-order valence-corrected chi connectivity index (χ1v) is 8.11. The third-order valence-electron chi connectivity index (χ3n) is 4.12. The quantitative estimate of drug-likeness (QED) is 0.746. The van der Waals surface area contributed by atoms with E-state index in [1.54, 1.807) is 7.11 Å². The third kappa shape index (κ3) is 2.60. The number of aromatic nitrogens is 2. The number of hydrogen-bond donors (Lipinski definition) is 0. The molecular weight excluding hydrogens is 352 g/mol. The Hall–Kier alpha value is -0.970. The number of hydrogen-bond acceptors (Lipinski definition) is 3. The summed E-state index contributed by atoms with van der Waals surface area (Å²) in [7, 11) is 1.65. The van der Waals surface area contributed by atoms with Gasteiger partial charge in [-0.25, -0.2) is 9.97 Å². The van der Waals surface area contributed by atoms with Gasteiger partial charge in [-0.2, -0.15) is 0 Å². The minimum atomic E-state index is -0.103. The molecule has 0 bridgehead atoms. The van der Waals surface area contributed by atoms with Gasteiger partial charge in [0, 0.05) is 7.11 Å². The smallest absolute Gasteiger partial charge is 0.147 e. The maximum absolute atomic E-state index is 6.28. The Balaban J connectivity index is 2.10. The molecule has 0 spiro atoms. The van der Waals surface area contributed by atoms with Crippen LogP contribution in [-0.2, 0) is 16.8 Å². The summed E-state index contributed by atoms with van der Waals surface area (Å²) in [6.07, 6.45) is 3.30. The molecule has 0 atom stereocenters. The van der Waals surface area contributed by atoms with Crippen molar-refractivity contribution in [1.82, 2.24) is 9.97 Å². The van der Waals surface area contributed by atoms with Gasteiger partial charge < -0.3 is 4.74 Å². The van der Waals surface area contributed by atoms with Crippen LogP contribution in [-0.4, -0.2) is 17.1 Å². The maximum Gasteiger partial charge on any atom is 0.147 e. The van der Waals surface area contributed by atoms with Crippen LogP contribution in [0.2, 0.25) is 5.15 Å². The van der Waals surface area contributed by atoms with Gasteiger partial charge in [0.05, 0.1) is 22.2 Å². The van der Waals surface area contributed by atoms with Crippen LogP contribution in [0.4, 0.5) is 0 Å². The second-order valence-electron chi connectivity index (χ2n) is 5.33. The Morgan fingerprint density at radius 2 is 1.95 bits per heavy atom. The van der Waals surface area contributed by atoms with E-state index in [0.29, 0.717) is 11.8 Å². The van der Waals surface area contributed by atoms with Gasteiger partial charge in [0.1, 0.15) is 11.0 Å². The molecule has 0 N–H and O–H groups in total. The van der Waals surface area contributed by atoms with Crippen molar-refractivity contribution in [3.05, 3.63) is 57.0 Å². The zero-order valence-corrected chi connectivity index (χ0v) is 14.1. The molecular formula is C16H16BrClN2O. The molecule has 1 fully saturated rings. The van der Waals surface area contributed by atoms with E-state index in [0.717, 1.165) is 28.8 Å². The van der Waals surface area contributed by atoms with E-state index in [-0.39, 0.29) is 5.41 Å². The van der Waals surface area contributed by atoms with Crippen molar-refractivity contribution in [3.63, 3.8) is 0 Å². The van der Waals surface area contributed by atoms with Crippen LogP contribution >= 0.6 is 27.5 Å². The van der Waals surface area contributed by atoms with E-state index in [1.165, 1.54) is 12.0 Å². The van der Waals surface area contributed by atoms with Crippen molar-refractivity contribution >= 4 is 27.5 Å². The van der Waals surface area contributed by atoms with Crippen molar-refractivity contribution in [2.45, 2.75) is 31.3 Å². The number of halogens is 2. The summed E-state index contributed by atoms with van der Waals surface area (Å²) in [4.78, 5) is 9.26. The van der Waals surface area contributed by atoms with Crippen LogP contribution in [0.15, 0.2) is 34.8 Å². The van der Waals surface area contributed by atoms with Crippen LogP contribution in [0.5, 0.6) is 0 Å². The summed E-state index contributed by atoms with van der Waals surface area (Å²) in [5.41, 5.74) is 1.96. The Labute approximate surface area is 137 Å². The number of rotatable bonds is 4. The average molecular weight is 368 g/mol. The molecule has 1 heterocycles. The van der Waals surface area contributed by atoms with Gasteiger partial charge in [-0.15, -0.1) is 0 Å². The lowest BCUT2D eigenvalue weighted by molar-refractivity contribution is 0.179. The van der Waals surface area contributed by atoms with Crippen LogP contribution in [0.3, 0.4) is 0 Å². The predicted molar refractivity (Wildman–Crippen MR) is 86.5 cm³/mol. The van der Waals surface area contributed by atoms with Crippen LogP contribution in [0.1, 0.15) is 36.3 Å². The van der Waals surface area contributed by atoms with Gasteiger partial charge >= 0.3 is 0 Å². The van der Waals surface area contributed by atoms with Crippen molar-refractivity contribution in [3.8, 4) is 0 Å². The molecule has 3 rings (SSSR count). The van der Waals surface area contributed by atoms with Crippen molar-refractivity contribution in [1.29, 1.82) is 0 Å². The average Bonchev–Trinajstić information content (AvgIpc) is 2.44. The second-order valence-corrected chi connectivity index (χ2v) is 6.48. The first-order valence-electron chi connectivity index (χ1n) is 6.94. The largest absolute Gasteiger partial charge is 0.378 e. The molecule has 1 aromatic heterocycles. The zero-order chi connectivity index (χ0) is 14.9. The molecule has 1 aliphatic carbocycles. The SMILES string of the molecule is COCc1nc(C2(c3ccccc3)CCC2)nc(Cl)c1Br. The molecule has 1 aliphatic rings. The van der Waals surface area contributed by atoms with Crippen LogP contribution in [0, 0.1) is 0 Å². The third-order valence-corrected chi connectivity index (χ3v) is 5.46. The normalized spacial score (nSPS) is 16.5. The molecule has 0 unspecified atom stereocenters. The lowest BCUT2D eigenvalue weighted by Crippen LogP contribution is -2.37. The highest BCUT2D eigenvalue weighted by atomic mass is 79.9. The lowest BCUT2D eigenvalue weighted by atomic mass is 9.64. The number of methoxy groups -OCH3 is 1. The Bertz CT molecular complexity index is 644. The first-order chi connectivity index (χ1) is 10.2. The van der Waals surface area contributed by atoms with Gasteiger partial charge in [0.15, 0.2) is 0 Å². The zero-order valence-electron chi connectivity index (χ0n) is 11.8. The molecule has 0 saturated heterocycles. The standard InChI is InChI=1S/C16H16BrClN2O/c1-21-10-12-13(17)14(18)20-15(19-12)16(8-5-9-16)11-6-3-2-4-7-11/h2-4,6-7H,5,8-10H2,1H3. The van der Waals surface area contributed by atoms with Crippen molar-refractivity contribution in [2.24, 2.45) is 0 Å². The van der Waals surface area contributed by atoms with E-state index >= 15 is 0 Å². The summed E-state index contributed by atoms with van der Waals surface area (Å²) in [5.74, 6) is 0.806. The molecule has 3 nitrogen and oxygen atoms in total. The lowest BCUT2D eigenvalue weighted by Gasteiger charge is -2.41. The molecule has 0 aliphatic heterocycles. The number of benzene rings is 1. The monoisotopic (exact) mass is 366 g/mol. The first kappa shape index (κ1) is 14.9. The Morgan fingerprint density at radius 1 is 1.24 bits per heavy atom. The van der Waals surface area contributed by atoms with Crippen molar-refractivity contribution < 1.29 is 4.74 Å². The highest BCUT2D eigenvalue weighted by molar-refractivity contribution is 9.10. The molecule has 2 aromatic rings. The molecule has 110 valence electrons. The fourth-order valence-electron chi connectivity index (χ4n) is 2.84. The Morgan fingerprint density at radius 3 is 2.52 bits per heavy atom. The van der Waals surface area contributed by atoms with E-state index < -0.39 is 0 Å². The van der Waals surface area contributed by atoms with Crippen LogP contribution < -0.4 is 0 Å². The molecule has 21 heavy (non-hydrogen) atoms. The van der Waals surface area contributed by atoms with Gasteiger partial charge in [0.25, 0.3) is 0 Å². The minimum Gasteiger partial charge on any atom is -0.378 e. The molecule has 1 aromatic carbocycles. The summed E-state index contributed by atoms with van der Waals surface area (Å²) >= 11 is 9.72. The molecule has 0 radical (unpaired) electrons. The van der Waals surface area contributed by atoms with Crippen molar-refractivity contribution in [2.75, 3.05) is 7.11 Å². The highest BCUT2D eigenvalue weighted by Crippen LogP contribution is 2.48. The van der Waals surface area contributed by atoms with Gasteiger partial charge in [-0.05, 0) is 34.3 Å². The minimum absolute atomic E-state index is 0.103. The fourth-order valence-corrected chi connectivity index (χ4v) is 3.32. The summed E-state index contributed by atoms with van der Waals surface area (Å²) in [6, 6.07) is 10.4. The Kier molecular flexibility index (Phi) is 4.29. The number of nitrogens with zero attached hydrogens (tertiary/aromatic N) is 2. The summed E-state index contributed by atoms with van der Waals surface area (Å²) in [6.45, 7) is 0.417. The number of ether oxygens (including phenoxy) is 1. The van der Waals surface area contributed by atoms with E-state index in [9.17, 15) is 0 Å². The van der Waals surface area contributed by atoms with Gasteiger partial charge in [-0.1, -0.05) is 48.4 Å².